The second-order valence-electron chi connectivity index (χ2n) is 6.01. The number of sulfonamides is 1. The molecule has 0 amide bonds. The van der Waals surface area contributed by atoms with Crippen molar-refractivity contribution in [3.05, 3.63) is 28.3 Å². The maximum absolute atomic E-state index is 11.9. The van der Waals surface area contributed by atoms with Crippen molar-refractivity contribution < 1.29 is 18.4 Å². The van der Waals surface area contributed by atoms with E-state index in [0.29, 0.717) is 11.6 Å². The molecule has 2 atom stereocenters. The molecule has 1 aliphatic rings. The Morgan fingerprint density at radius 2 is 2.12 bits per heavy atom. The molecule has 2 unspecified atom stereocenters. The van der Waals surface area contributed by atoms with Crippen LogP contribution in [0.25, 0.3) is 0 Å². The fourth-order valence-corrected chi connectivity index (χ4v) is 4.09. The smallest absolute Gasteiger partial charge is 0.293 e. The summed E-state index contributed by atoms with van der Waals surface area (Å²) in [5, 5.41) is 20.9. The molecule has 1 aromatic rings. The summed E-state index contributed by atoms with van der Waals surface area (Å²) in [5.41, 5.74) is 0.0849. The van der Waals surface area contributed by atoms with Gasteiger partial charge in [-0.1, -0.05) is 13.3 Å². The van der Waals surface area contributed by atoms with Gasteiger partial charge in [0.05, 0.1) is 16.4 Å². The second-order valence-corrected chi connectivity index (χ2v) is 7.89. The Balaban J connectivity index is 2.52. The van der Waals surface area contributed by atoms with Gasteiger partial charge < -0.3 is 10.0 Å². The zero-order chi connectivity index (χ0) is 17.9. The fraction of sp³-hybridized carbons (Fsp3) is 0.600. The van der Waals surface area contributed by atoms with Gasteiger partial charge in [-0.25, -0.2) is 13.1 Å². The monoisotopic (exact) mass is 357 g/mol. The summed E-state index contributed by atoms with van der Waals surface area (Å²) < 4.78 is 26.0. The number of rotatable bonds is 7. The van der Waals surface area contributed by atoms with Gasteiger partial charge in [0.2, 0.25) is 10.0 Å². The predicted octanol–water partition coefficient (Wildman–Crippen LogP) is 1.49. The molecule has 24 heavy (non-hydrogen) atoms. The van der Waals surface area contributed by atoms with Gasteiger partial charge >= 0.3 is 0 Å². The van der Waals surface area contributed by atoms with E-state index < -0.39 is 14.9 Å². The number of aliphatic hydroxyl groups is 1. The van der Waals surface area contributed by atoms with E-state index in [2.05, 4.69) is 11.6 Å². The van der Waals surface area contributed by atoms with Gasteiger partial charge in [-0.3, -0.25) is 10.1 Å². The minimum Gasteiger partial charge on any atom is -0.395 e. The van der Waals surface area contributed by atoms with Crippen LogP contribution in [-0.4, -0.2) is 44.7 Å². The molecule has 0 aliphatic heterocycles. The molecule has 0 bridgehead atoms. The van der Waals surface area contributed by atoms with Gasteiger partial charge in [0.1, 0.15) is 5.69 Å². The zero-order valence-corrected chi connectivity index (χ0v) is 14.6. The first-order valence-electron chi connectivity index (χ1n) is 7.91. The summed E-state index contributed by atoms with van der Waals surface area (Å²) >= 11 is 0. The summed E-state index contributed by atoms with van der Waals surface area (Å²) in [7, 11) is -2.50. The Kier molecular flexibility index (Phi) is 5.79. The summed E-state index contributed by atoms with van der Waals surface area (Å²) in [4.78, 5) is 12.6. The maximum atomic E-state index is 11.9. The van der Waals surface area contributed by atoms with Crippen LogP contribution in [0.15, 0.2) is 23.1 Å². The van der Waals surface area contributed by atoms with Crippen molar-refractivity contribution in [3.8, 4) is 0 Å². The molecule has 9 heteroatoms. The molecule has 0 radical (unpaired) electrons. The highest BCUT2D eigenvalue weighted by Crippen LogP contribution is 2.37. The minimum atomic E-state index is -3.76. The lowest BCUT2D eigenvalue weighted by molar-refractivity contribution is -0.384. The predicted molar refractivity (Wildman–Crippen MR) is 90.6 cm³/mol. The molecular weight excluding hydrogens is 334 g/mol. The van der Waals surface area contributed by atoms with E-state index in [0.717, 1.165) is 25.3 Å². The Hall–Kier alpha value is -1.71. The lowest BCUT2D eigenvalue weighted by Gasteiger charge is -2.33. The van der Waals surface area contributed by atoms with E-state index in [1.807, 2.05) is 4.90 Å². The van der Waals surface area contributed by atoms with Crippen molar-refractivity contribution in [2.24, 2.45) is 5.92 Å². The highest BCUT2D eigenvalue weighted by atomic mass is 32.2. The molecule has 1 saturated carbocycles. The van der Waals surface area contributed by atoms with Crippen LogP contribution in [0.1, 0.15) is 26.2 Å². The van der Waals surface area contributed by atoms with E-state index in [1.165, 1.54) is 19.2 Å². The van der Waals surface area contributed by atoms with Gasteiger partial charge in [0, 0.05) is 18.7 Å². The summed E-state index contributed by atoms with van der Waals surface area (Å²) in [5.74, 6) is 0.358. The van der Waals surface area contributed by atoms with E-state index in [-0.39, 0.29) is 29.8 Å². The van der Waals surface area contributed by atoms with Crippen LogP contribution in [-0.2, 0) is 10.0 Å². The van der Waals surface area contributed by atoms with Crippen LogP contribution in [0.4, 0.5) is 11.4 Å². The number of aliphatic hydroxyl groups excluding tert-OH is 1. The molecular formula is C15H23N3O5S. The van der Waals surface area contributed by atoms with E-state index in [9.17, 15) is 23.6 Å². The molecule has 8 nitrogen and oxygen atoms in total. The normalized spacial score (nSPS) is 21.0. The van der Waals surface area contributed by atoms with Crippen molar-refractivity contribution in [1.82, 2.24) is 4.72 Å². The van der Waals surface area contributed by atoms with Crippen molar-refractivity contribution in [1.29, 1.82) is 0 Å². The van der Waals surface area contributed by atoms with E-state index >= 15 is 0 Å². The van der Waals surface area contributed by atoms with Gasteiger partial charge in [0.15, 0.2) is 0 Å². The van der Waals surface area contributed by atoms with Gasteiger partial charge in [-0.05, 0) is 37.9 Å². The van der Waals surface area contributed by atoms with E-state index in [4.69, 9.17) is 0 Å². The standard InChI is InChI=1S/C15H23N3O5S/c1-11-4-3-5-13(11)17(8-9-19)14-7-6-12(24(22,23)16-2)10-15(14)18(20)21/h6-7,10-11,13,16,19H,3-5,8-9H2,1-2H3. The Morgan fingerprint density at radius 3 is 2.62 bits per heavy atom. The van der Waals surface area contributed by atoms with Crippen LogP contribution >= 0.6 is 0 Å². The van der Waals surface area contributed by atoms with Gasteiger partial charge in [-0.2, -0.15) is 0 Å². The molecule has 134 valence electrons. The third-order valence-corrected chi connectivity index (χ3v) is 6.00. The number of nitrogens with one attached hydrogen (secondary N) is 1. The average Bonchev–Trinajstić information content (AvgIpc) is 2.97. The van der Waals surface area contributed by atoms with Crippen LogP contribution in [0, 0.1) is 16.0 Å². The minimum absolute atomic E-state index is 0.0996. The Morgan fingerprint density at radius 1 is 1.42 bits per heavy atom. The highest BCUT2D eigenvalue weighted by Gasteiger charge is 2.33. The summed E-state index contributed by atoms with van der Waals surface area (Å²) in [6.07, 6.45) is 2.97. The van der Waals surface area contributed by atoms with Gasteiger partial charge in [0.25, 0.3) is 5.69 Å². The largest absolute Gasteiger partial charge is 0.395 e. The SMILES string of the molecule is CNS(=O)(=O)c1ccc(N(CCO)C2CCCC2C)c([N+](=O)[O-])c1. The first kappa shape index (κ1) is 18.6. The van der Waals surface area contributed by atoms with Crippen LogP contribution in [0.5, 0.6) is 0 Å². The second kappa shape index (κ2) is 7.45. The van der Waals surface area contributed by atoms with Crippen molar-refractivity contribution in [3.63, 3.8) is 0 Å². The molecule has 1 fully saturated rings. The first-order valence-corrected chi connectivity index (χ1v) is 9.39. The summed E-state index contributed by atoms with van der Waals surface area (Å²) in [6.45, 7) is 2.23. The van der Waals surface area contributed by atoms with Gasteiger partial charge in [-0.15, -0.1) is 0 Å². The number of hydrogen-bond acceptors (Lipinski definition) is 6. The highest BCUT2D eigenvalue weighted by molar-refractivity contribution is 7.89. The number of anilines is 1. The maximum Gasteiger partial charge on any atom is 0.293 e. The average molecular weight is 357 g/mol. The third-order valence-electron chi connectivity index (χ3n) is 4.59. The quantitative estimate of drug-likeness (QED) is 0.565. The molecule has 0 aromatic heterocycles. The Bertz CT molecular complexity index is 707. The van der Waals surface area contributed by atoms with Crippen molar-refractivity contribution >= 4 is 21.4 Å². The first-order chi connectivity index (χ1) is 11.3. The van der Waals surface area contributed by atoms with E-state index in [1.54, 1.807) is 0 Å². The molecule has 0 spiro atoms. The van der Waals surface area contributed by atoms with Crippen LogP contribution in [0.2, 0.25) is 0 Å². The number of hydrogen-bond donors (Lipinski definition) is 2. The summed E-state index contributed by atoms with van der Waals surface area (Å²) in [6, 6.07) is 3.99. The van der Waals surface area contributed by atoms with Crippen molar-refractivity contribution in [2.75, 3.05) is 25.1 Å². The number of nitrogens with zero attached hydrogens (tertiary/aromatic N) is 2. The molecule has 2 N–H and O–H groups in total. The van der Waals surface area contributed by atoms with Crippen molar-refractivity contribution in [2.45, 2.75) is 37.1 Å². The zero-order valence-electron chi connectivity index (χ0n) is 13.8. The molecule has 1 aliphatic carbocycles. The van der Waals surface area contributed by atoms with Crippen LogP contribution in [0.3, 0.4) is 0 Å². The fourth-order valence-electron chi connectivity index (χ4n) is 3.34. The third kappa shape index (κ3) is 3.68. The molecule has 0 saturated heterocycles. The number of nitro benzene ring substituents is 1. The molecule has 1 aromatic carbocycles. The Labute approximate surface area is 141 Å². The molecule has 2 rings (SSSR count). The molecule has 0 heterocycles. The lowest BCUT2D eigenvalue weighted by atomic mass is 10.0. The number of nitro groups is 1. The van der Waals surface area contributed by atoms with Crippen LogP contribution < -0.4 is 9.62 Å². The topological polar surface area (TPSA) is 113 Å². The number of benzene rings is 1. The lowest BCUT2D eigenvalue weighted by Crippen LogP contribution is -2.39.